The summed E-state index contributed by atoms with van der Waals surface area (Å²) in [4.78, 5) is 15.6. The highest BCUT2D eigenvalue weighted by atomic mass is 15.1. The minimum Gasteiger partial charge on any atom is -0.310 e. The lowest BCUT2D eigenvalue weighted by molar-refractivity contribution is 0.591. The van der Waals surface area contributed by atoms with E-state index in [-0.39, 0.29) is 17.5 Å². The molecule has 59 heavy (non-hydrogen) atoms. The molecule has 0 spiro atoms. The van der Waals surface area contributed by atoms with Crippen LogP contribution in [0.1, 0.15) is 52.7 Å². The zero-order valence-corrected chi connectivity index (χ0v) is 34.2. The number of hydrogen-bond donors (Lipinski definition) is 0. The second-order valence-corrected chi connectivity index (χ2v) is 18.5. The lowest BCUT2D eigenvalue weighted by atomic mass is 9.34. The van der Waals surface area contributed by atoms with Crippen molar-refractivity contribution in [3.63, 3.8) is 0 Å². The van der Waals surface area contributed by atoms with Gasteiger partial charge in [-0.1, -0.05) is 151 Å². The molecule has 2 aliphatic rings. The van der Waals surface area contributed by atoms with Crippen molar-refractivity contribution in [2.75, 3.05) is 0 Å². The fourth-order valence-electron chi connectivity index (χ4n) is 9.92. The number of nitrogens with zero attached hydrogens (tertiary/aromatic N) is 5. The van der Waals surface area contributed by atoms with Gasteiger partial charge in [0.1, 0.15) is 0 Å². The van der Waals surface area contributed by atoms with Crippen LogP contribution in [0.15, 0.2) is 146 Å². The summed E-state index contributed by atoms with van der Waals surface area (Å²) in [6.07, 6.45) is 0. The highest BCUT2D eigenvalue weighted by molar-refractivity contribution is 7.00. The van der Waals surface area contributed by atoms with Crippen LogP contribution in [0, 0.1) is 0 Å². The predicted molar refractivity (Wildman–Crippen MR) is 247 cm³/mol. The van der Waals surface area contributed by atoms with Crippen molar-refractivity contribution in [2.24, 2.45) is 0 Å². The lowest BCUT2D eigenvalue weighted by Crippen LogP contribution is -2.59. The van der Waals surface area contributed by atoms with Crippen LogP contribution >= 0.6 is 0 Å². The maximum atomic E-state index is 5.28. The van der Waals surface area contributed by atoms with Gasteiger partial charge in [-0.3, -0.25) is 0 Å². The van der Waals surface area contributed by atoms with E-state index in [1.54, 1.807) is 0 Å². The fraction of sp³-hybridized carbons (Fsp3) is 0.151. The van der Waals surface area contributed by atoms with Gasteiger partial charge in [0.15, 0.2) is 17.5 Å². The number of aromatic nitrogens is 5. The Kier molecular flexibility index (Phi) is 6.91. The molecule has 0 saturated carbocycles. The third kappa shape index (κ3) is 4.89. The van der Waals surface area contributed by atoms with Crippen molar-refractivity contribution in [3.8, 4) is 45.5 Å². The van der Waals surface area contributed by atoms with E-state index in [9.17, 15) is 0 Å². The quantitative estimate of drug-likeness (QED) is 0.169. The molecule has 3 aromatic heterocycles. The highest BCUT2D eigenvalue weighted by Gasteiger charge is 2.41. The van der Waals surface area contributed by atoms with Gasteiger partial charge < -0.3 is 9.13 Å². The van der Waals surface area contributed by atoms with Gasteiger partial charge in [0.2, 0.25) is 0 Å². The molecule has 0 aliphatic carbocycles. The molecule has 6 heteroatoms. The summed E-state index contributed by atoms with van der Waals surface area (Å²) in [5, 5.41) is 5.13. The summed E-state index contributed by atoms with van der Waals surface area (Å²) in [6.45, 7) is 13.8. The summed E-state index contributed by atoms with van der Waals surface area (Å²) >= 11 is 0. The zero-order chi connectivity index (χ0) is 39.9. The standard InChI is InChI=1S/C53H42BN5/c1-52(2,3)34-23-25-42-38(29-34)36-19-13-21-40-47(36)58(42)44-27-33(51-56-49(31-15-9-7-10-16-31)55-50(57-51)32-17-11-8-12-18-32)28-45-46(44)54(40)41-22-14-20-37-39-30-35(53(4,5)6)24-26-43(39)59(45)48(37)41/h7-30H,1-6H3. The van der Waals surface area contributed by atoms with E-state index in [0.29, 0.717) is 17.5 Å². The summed E-state index contributed by atoms with van der Waals surface area (Å²) in [5.74, 6) is 1.96. The first-order chi connectivity index (χ1) is 28.5. The summed E-state index contributed by atoms with van der Waals surface area (Å²) < 4.78 is 5.08. The molecule has 12 rings (SSSR count). The summed E-state index contributed by atoms with van der Waals surface area (Å²) in [7, 11) is 0. The van der Waals surface area contributed by atoms with Gasteiger partial charge in [0.05, 0.1) is 11.0 Å². The molecular weight excluding hydrogens is 717 g/mol. The van der Waals surface area contributed by atoms with Crippen LogP contribution in [-0.4, -0.2) is 30.8 Å². The van der Waals surface area contributed by atoms with Gasteiger partial charge in [-0.15, -0.1) is 0 Å². The second kappa shape index (κ2) is 11.9. The molecule has 0 bridgehead atoms. The minimum absolute atomic E-state index is 0.0167. The third-order valence-electron chi connectivity index (χ3n) is 12.9. The van der Waals surface area contributed by atoms with Crippen molar-refractivity contribution in [1.82, 2.24) is 24.1 Å². The van der Waals surface area contributed by atoms with Crippen molar-refractivity contribution >= 4 is 66.7 Å². The predicted octanol–water partition coefficient (Wildman–Crippen LogP) is 10.8. The first-order valence-electron chi connectivity index (χ1n) is 20.7. The van der Waals surface area contributed by atoms with E-state index in [0.717, 1.165) is 16.7 Å². The number of hydrogen-bond acceptors (Lipinski definition) is 3. The Balaban J connectivity index is 1.24. The Labute approximate surface area is 344 Å². The maximum Gasteiger partial charge on any atom is 0.252 e. The Morgan fingerprint density at radius 2 is 0.831 bits per heavy atom. The highest BCUT2D eigenvalue weighted by Crippen LogP contribution is 2.42. The Hall–Kier alpha value is -6.79. The van der Waals surface area contributed by atoms with Crippen molar-refractivity contribution in [1.29, 1.82) is 0 Å². The third-order valence-corrected chi connectivity index (χ3v) is 12.9. The van der Waals surface area contributed by atoms with Crippen LogP contribution in [0.25, 0.3) is 89.2 Å². The number of rotatable bonds is 3. The van der Waals surface area contributed by atoms with Gasteiger partial charge in [0, 0.05) is 60.6 Å². The Morgan fingerprint density at radius 1 is 0.407 bits per heavy atom. The van der Waals surface area contributed by atoms with Crippen LogP contribution in [-0.2, 0) is 10.8 Å². The van der Waals surface area contributed by atoms with Crippen LogP contribution in [0.4, 0.5) is 0 Å². The SMILES string of the molecule is CC(C)(C)c1ccc2c(c1)c1cccc3c1n2-c1cc(-c2nc(-c4ccccc4)nc(-c4ccccc4)n2)cc2c1B3c1cccc3c4cc(C(C)(C)C)ccc4n-2c13. The van der Waals surface area contributed by atoms with E-state index in [1.807, 2.05) is 36.4 Å². The average Bonchev–Trinajstić information content (AvgIpc) is 3.77. The molecule has 0 amide bonds. The van der Waals surface area contributed by atoms with E-state index in [2.05, 4.69) is 160 Å². The molecular formula is C53H42BN5. The van der Waals surface area contributed by atoms with Gasteiger partial charge in [-0.05, 0) is 74.7 Å². The molecule has 282 valence electrons. The largest absolute Gasteiger partial charge is 0.310 e. The maximum absolute atomic E-state index is 5.28. The molecule has 0 radical (unpaired) electrons. The Morgan fingerprint density at radius 3 is 1.25 bits per heavy atom. The molecule has 0 saturated heterocycles. The normalized spacial score (nSPS) is 13.2. The number of fused-ring (bicyclic) bond motifs is 10. The molecule has 0 N–H and O–H groups in total. The molecule has 5 heterocycles. The smallest absolute Gasteiger partial charge is 0.252 e. The molecule has 0 atom stereocenters. The number of para-hydroxylation sites is 2. The topological polar surface area (TPSA) is 48.5 Å². The minimum atomic E-state index is 0.0167. The van der Waals surface area contributed by atoms with Crippen LogP contribution in [0.3, 0.4) is 0 Å². The summed E-state index contributed by atoms with van der Waals surface area (Å²) in [5.41, 5.74) is 16.9. The molecule has 2 aliphatic heterocycles. The molecule has 0 unspecified atom stereocenters. The molecule has 5 nitrogen and oxygen atoms in total. The van der Waals surface area contributed by atoms with E-state index in [4.69, 9.17) is 15.0 Å². The zero-order valence-electron chi connectivity index (χ0n) is 34.2. The lowest BCUT2D eigenvalue weighted by Gasteiger charge is -2.34. The van der Waals surface area contributed by atoms with Gasteiger partial charge in [-0.2, -0.15) is 0 Å². The second-order valence-electron chi connectivity index (χ2n) is 18.5. The molecule has 10 aromatic rings. The van der Waals surface area contributed by atoms with Crippen molar-refractivity contribution < 1.29 is 0 Å². The van der Waals surface area contributed by atoms with Gasteiger partial charge in [0.25, 0.3) is 6.71 Å². The van der Waals surface area contributed by atoms with Gasteiger partial charge >= 0.3 is 0 Å². The molecule has 7 aromatic carbocycles. The average molecular weight is 760 g/mol. The van der Waals surface area contributed by atoms with E-state index in [1.165, 1.54) is 82.5 Å². The first kappa shape index (κ1) is 34.3. The molecule has 0 fully saturated rings. The van der Waals surface area contributed by atoms with Crippen molar-refractivity contribution in [2.45, 2.75) is 52.4 Å². The van der Waals surface area contributed by atoms with E-state index < -0.39 is 0 Å². The van der Waals surface area contributed by atoms with Crippen molar-refractivity contribution in [3.05, 3.63) is 157 Å². The number of benzene rings is 7. The first-order valence-corrected chi connectivity index (χ1v) is 20.7. The van der Waals surface area contributed by atoms with Crippen LogP contribution in [0.2, 0.25) is 0 Å². The monoisotopic (exact) mass is 759 g/mol. The van der Waals surface area contributed by atoms with E-state index >= 15 is 0 Å². The summed E-state index contributed by atoms with van der Waals surface area (Å²) in [6, 6.07) is 53.3. The fourth-order valence-corrected chi connectivity index (χ4v) is 9.92. The van der Waals surface area contributed by atoms with Gasteiger partial charge in [-0.25, -0.2) is 15.0 Å². The van der Waals surface area contributed by atoms with Crippen LogP contribution in [0.5, 0.6) is 0 Å². The Bertz CT molecular complexity index is 3180. The van der Waals surface area contributed by atoms with Crippen LogP contribution < -0.4 is 16.4 Å².